The number of benzene rings is 1. The number of amides is 1. The first-order valence-corrected chi connectivity index (χ1v) is 6.42. The molecule has 0 bridgehead atoms. The monoisotopic (exact) mass is 301 g/mol. The van der Waals surface area contributed by atoms with Crippen LogP contribution in [-0.4, -0.2) is 24.4 Å². The van der Waals surface area contributed by atoms with E-state index in [4.69, 9.17) is 0 Å². The van der Waals surface area contributed by atoms with Gasteiger partial charge in [-0.3, -0.25) is 4.79 Å². The number of halogens is 2. The van der Waals surface area contributed by atoms with E-state index in [1.54, 1.807) is 24.1 Å². The molecule has 94 valence electrons. The van der Waals surface area contributed by atoms with E-state index in [0.717, 1.165) is 6.42 Å². The lowest BCUT2D eigenvalue weighted by Crippen LogP contribution is -2.29. The first-order valence-electron chi connectivity index (χ1n) is 5.63. The summed E-state index contributed by atoms with van der Waals surface area (Å²) in [4.78, 5) is 13.6. The third-order valence-electron chi connectivity index (χ3n) is 2.57. The van der Waals surface area contributed by atoms with Gasteiger partial charge in [-0.15, -0.1) is 0 Å². The molecule has 0 spiro atoms. The number of hydrogen-bond acceptors (Lipinski definition) is 1. The number of carbonyl (C=O) groups excluding carboxylic acids is 1. The van der Waals surface area contributed by atoms with Crippen LogP contribution >= 0.6 is 15.9 Å². The Morgan fingerprint density at radius 2 is 2.12 bits per heavy atom. The maximum Gasteiger partial charge on any atom is 0.256 e. The summed E-state index contributed by atoms with van der Waals surface area (Å²) in [6.07, 6.45) is 0.915. The minimum atomic E-state index is -0.492. The average Bonchev–Trinajstić information content (AvgIpc) is 2.28. The third-order valence-corrected chi connectivity index (χ3v) is 3.18. The molecular weight excluding hydrogens is 285 g/mol. The summed E-state index contributed by atoms with van der Waals surface area (Å²) >= 11 is 3.08. The van der Waals surface area contributed by atoms with Crippen LogP contribution in [0.4, 0.5) is 4.39 Å². The number of hydrogen-bond donors (Lipinski definition) is 0. The van der Waals surface area contributed by atoms with Crippen LogP contribution in [0, 0.1) is 11.7 Å². The molecule has 0 aromatic heterocycles. The van der Waals surface area contributed by atoms with Gasteiger partial charge in [-0.1, -0.05) is 19.9 Å². The molecule has 0 aliphatic rings. The smallest absolute Gasteiger partial charge is 0.256 e. The van der Waals surface area contributed by atoms with E-state index in [9.17, 15) is 9.18 Å². The van der Waals surface area contributed by atoms with Crippen LogP contribution < -0.4 is 0 Å². The Balaban J connectivity index is 2.78. The highest BCUT2D eigenvalue weighted by molar-refractivity contribution is 9.10. The Labute approximate surface area is 110 Å². The molecule has 0 aliphatic heterocycles. The molecule has 0 atom stereocenters. The number of carbonyl (C=O) groups is 1. The summed E-state index contributed by atoms with van der Waals surface area (Å²) in [5.74, 6) is -0.240. The lowest BCUT2D eigenvalue weighted by molar-refractivity contribution is 0.0784. The van der Waals surface area contributed by atoms with Crippen molar-refractivity contribution < 1.29 is 9.18 Å². The standard InChI is InChI=1S/C13H17BrFNO/c1-9(2)7-8-16(3)13(17)10-5-4-6-11(14)12(10)15/h4-6,9H,7-8H2,1-3H3. The van der Waals surface area contributed by atoms with Gasteiger partial charge in [0.1, 0.15) is 5.82 Å². The second-order valence-electron chi connectivity index (χ2n) is 4.51. The summed E-state index contributed by atoms with van der Waals surface area (Å²) in [6, 6.07) is 4.76. The highest BCUT2D eigenvalue weighted by Gasteiger charge is 2.17. The molecule has 17 heavy (non-hydrogen) atoms. The van der Waals surface area contributed by atoms with Crippen molar-refractivity contribution in [3.05, 3.63) is 34.1 Å². The molecule has 0 unspecified atom stereocenters. The quantitative estimate of drug-likeness (QED) is 0.830. The molecule has 2 nitrogen and oxygen atoms in total. The van der Waals surface area contributed by atoms with Crippen LogP contribution in [0.3, 0.4) is 0 Å². The van der Waals surface area contributed by atoms with Crippen molar-refractivity contribution in [3.63, 3.8) is 0 Å². The van der Waals surface area contributed by atoms with Crippen molar-refractivity contribution in [1.29, 1.82) is 0 Å². The molecule has 0 fully saturated rings. The van der Waals surface area contributed by atoms with Crippen molar-refractivity contribution >= 4 is 21.8 Å². The Morgan fingerprint density at radius 3 is 2.71 bits per heavy atom. The second kappa shape index (κ2) is 6.15. The lowest BCUT2D eigenvalue weighted by Gasteiger charge is -2.18. The SMILES string of the molecule is CC(C)CCN(C)C(=O)c1cccc(Br)c1F. The van der Waals surface area contributed by atoms with E-state index in [1.165, 1.54) is 6.07 Å². The van der Waals surface area contributed by atoms with E-state index in [2.05, 4.69) is 29.8 Å². The Kier molecular flexibility index (Phi) is 5.12. The molecule has 0 heterocycles. The van der Waals surface area contributed by atoms with Gasteiger partial charge in [-0.2, -0.15) is 0 Å². The zero-order valence-corrected chi connectivity index (χ0v) is 11.9. The van der Waals surface area contributed by atoms with Crippen LogP contribution in [0.15, 0.2) is 22.7 Å². The van der Waals surface area contributed by atoms with Gasteiger partial charge in [-0.25, -0.2) is 4.39 Å². The summed E-state index contributed by atoms with van der Waals surface area (Å²) in [5.41, 5.74) is 0.116. The van der Waals surface area contributed by atoms with Crippen LogP contribution in [0.5, 0.6) is 0 Å². The fourth-order valence-corrected chi connectivity index (χ4v) is 1.79. The van der Waals surface area contributed by atoms with E-state index in [0.29, 0.717) is 16.9 Å². The third kappa shape index (κ3) is 3.80. The van der Waals surface area contributed by atoms with Gasteiger partial charge < -0.3 is 4.90 Å². The first kappa shape index (κ1) is 14.2. The summed E-state index contributed by atoms with van der Waals surface area (Å²) in [7, 11) is 1.70. The minimum Gasteiger partial charge on any atom is -0.342 e. The topological polar surface area (TPSA) is 20.3 Å². The zero-order valence-electron chi connectivity index (χ0n) is 10.3. The van der Waals surface area contributed by atoms with Crippen molar-refractivity contribution in [2.24, 2.45) is 5.92 Å². The fourth-order valence-electron chi connectivity index (χ4n) is 1.43. The molecule has 0 N–H and O–H groups in total. The highest BCUT2D eigenvalue weighted by Crippen LogP contribution is 2.19. The molecule has 1 amide bonds. The van der Waals surface area contributed by atoms with Crippen LogP contribution in [0.2, 0.25) is 0 Å². The summed E-state index contributed by atoms with van der Waals surface area (Å²) < 4.78 is 14.0. The van der Waals surface area contributed by atoms with Gasteiger partial charge in [0.15, 0.2) is 0 Å². The fraction of sp³-hybridized carbons (Fsp3) is 0.462. The van der Waals surface area contributed by atoms with E-state index >= 15 is 0 Å². The normalized spacial score (nSPS) is 10.7. The van der Waals surface area contributed by atoms with E-state index in [1.807, 2.05) is 0 Å². The van der Waals surface area contributed by atoms with Crippen LogP contribution in [0.25, 0.3) is 0 Å². The summed E-state index contributed by atoms with van der Waals surface area (Å²) in [6.45, 7) is 4.83. The summed E-state index contributed by atoms with van der Waals surface area (Å²) in [5, 5.41) is 0. The van der Waals surface area contributed by atoms with Gasteiger partial charge >= 0.3 is 0 Å². The van der Waals surface area contributed by atoms with Gasteiger partial charge in [0.05, 0.1) is 10.0 Å². The first-order chi connectivity index (χ1) is 7.93. The molecule has 0 saturated carbocycles. The van der Waals surface area contributed by atoms with Gasteiger partial charge in [0.2, 0.25) is 0 Å². The molecular formula is C13H17BrFNO. The van der Waals surface area contributed by atoms with Crippen molar-refractivity contribution in [2.45, 2.75) is 20.3 Å². The predicted molar refractivity (Wildman–Crippen MR) is 70.5 cm³/mol. The van der Waals surface area contributed by atoms with Crippen molar-refractivity contribution in [3.8, 4) is 0 Å². The number of nitrogens with zero attached hydrogens (tertiary/aromatic N) is 1. The predicted octanol–water partition coefficient (Wildman–Crippen LogP) is 3.71. The van der Waals surface area contributed by atoms with E-state index in [-0.39, 0.29) is 11.5 Å². The van der Waals surface area contributed by atoms with Gasteiger partial charge in [0, 0.05) is 13.6 Å². The minimum absolute atomic E-state index is 0.116. The molecule has 1 rings (SSSR count). The Hall–Kier alpha value is -0.900. The number of rotatable bonds is 4. The Morgan fingerprint density at radius 1 is 1.47 bits per heavy atom. The molecule has 1 aromatic rings. The lowest BCUT2D eigenvalue weighted by atomic mass is 10.1. The molecule has 0 radical (unpaired) electrons. The maximum atomic E-state index is 13.7. The van der Waals surface area contributed by atoms with Crippen LogP contribution in [-0.2, 0) is 0 Å². The largest absolute Gasteiger partial charge is 0.342 e. The molecule has 1 aromatic carbocycles. The van der Waals surface area contributed by atoms with Crippen molar-refractivity contribution in [2.75, 3.05) is 13.6 Å². The van der Waals surface area contributed by atoms with E-state index < -0.39 is 5.82 Å². The molecule has 4 heteroatoms. The molecule has 0 aliphatic carbocycles. The molecule has 0 saturated heterocycles. The Bertz CT molecular complexity index is 406. The maximum absolute atomic E-state index is 13.7. The average molecular weight is 302 g/mol. The zero-order chi connectivity index (χ0) is 13.0. The second-order valence-corrected chi connectivity index (χ2v) is 5.36. The van der Waals surface area contributed by atoms with Crippen molar-refractivity contribution in [1.82, 2.24) is 4.90 Å². The van der Waals surface area contributed by atoms with Gasteiger partial charge in [0.25, 0.3) is 5.91 Å². The van der Waals surface area contributed by atoms with Crippen LogP contribution in [0.1, 0.15) is 30.6 Å². The highest BCUT2D eigenvalue weighted by atomic mass is 79.9. The van der Waals surface area contributed by atoms with Gasteiger partial charge in [-0.05, 0) is 40.4 Å².